The minimum Gasteiger partial charge on any atom is -0.497 e. The van der Waals surface area contributed by atoms with E-state index in [1.54, 1.807) is 28.4 Å². The number of aryl methyl sites for hydroxylation is 1. The molecule has 0 saturated heterocycles. The van der Waals surface area contributed by atoms with Crippen molar-refractivity contribution >= 4 is 22.3 Å². The summed E-state index contributed by atoms with van der Waals surface area (Å²) >= 11 is 0. The SMILES string of the molecule is COc1ccc2c(Nc3cc(OC)c(OC)c(OC)c3)cc(C)nc2c1. The van der Waals surface area contributed by atoms with E-state index in [2.05, 4.69) is 10.3 Å². The summed E-state index contributed by atoms with van der Waals surface area (Å²) in [6.45, 7) is 1.96. The quantitative estimate of drug-likeness (QED) is 0.711. The van der Waals surface area contributed by atoms with Gasteiger partial charge in [-0.3, -0.25) is 4.98 Å². The molecule has 1 N–H and O–H groups in total. The summed E-state index contributed by atoms with van der Waals surface area (Å²) in [7, 11) is 6.42. The van der Waals surface area contributed by atoms with E-state index in [0.717, 1.165) is 33.7 Å². The normalized spacial score (nSPS) is 10.5. The molecule has 3 aromatic rings. The van der Waals surface area contributed by atoms with Gasteiger partial charge >= 0.3 is 0 Å². The van der Waals surface area contributed by atoms with E-state index < -0.39 is 0 Å². The Kier molecular flexibility index (Phi) is 5.02. The maximum Gasteiger partial charge on any atom is 0.203 e. The molecule has 6 heteroatoms. The van der Waals surface area contributed by atoms with Crippen molar-refractivity contribution in [2.75, 3.05) is 33.8 Å². The zero-order valence-corrected chi connectivity index (χ0v) is 15.5. The largest absolute Gasteiger partial charge is 0.497 e. The molecule has 0 aliphatic carbocycles. The van der Waals surface area contributed by atoms with Crippen LogP contribution in [0.5, 0.6) is 23.0 Å². The first-order valence-corrected chi connectivity index (χ1v) is 8.12. The van der Waals surface area contributed by atoms with E-state index in [4.69, 9.17) is 18.9 Å². The second-order valence-corrected chi connectivity index (χ2v) is 5.73. The molecular weight excluding hydrogens is 332 g/mol. The van der Waals surface area contributed by atoms with Gasteiger partial charge in [0, 0.05) is 40.7 Å². The Morgan fingerprint density at radius 1 is 0.808 bits per heavy atom. The lowest BCUT2D eigenvalue weighted by atomic mass is 10.1. The third-order valence-corrected chi connectivity index (χ3v) is 4.09. The van der Waals surface area contributed by atoms with Crippen LogP contribution >= 0.6 is 0 Å². The van der Waals surface area contributed by atoms with Crippen molar-refractivity contribution in [1.82, 2.24) is 4.98 Å². The van der Waals surface area contributed by atoms with Gasteiger partial charge < -0.3 is 24.3 Å². The summed E-state index contributed by atoms with van der Waals surface area (Å²) in [5.74, 6) is 2.51. The highest BCUT2D eigenvalue weighted by Gasteiger charge is 2.14. The van der Waals surface area contributed by atoms with Crippen LogP contribution in [0.3, 0.4) is 0 Å². The maximum atomic E-state index is 5.42. The number of nitrogens with one attached hydrogen (secondary N) is 1. The van der Waals surface area contributed by atoms with E-state index in [0.29, 0.717) is 17.2 Å². The van der Waals surface area contributed by atoms with Gasteiger partial charge in [-0.15, -0.1) is 0 Å². The number of fused-ring (bicyclic) bond motifs is 1. The molecule has 0 amide bonds. The van der Waals surface area contributed by atoms with Gasteiger partial charge in [-0.05, 0) is 25.1 Å². The molecule has 0 bridgehead atoms. The van der Waals surface area contributed by atoms with E-state index in [-0.39, 0.29) is 0 Å². The third-order valence-electron chi connectivity index (χ3n) is 4.09. The van der Waals surface area contributed by atoms with Gasteiger partial charge in [0.2, 0.25) is 5.75 Å². The van der Waals surface area contributed by atoms with Crippen molar-refractivity contribution in [3.8, 4) is 23.0 Å². The van der Waals surface area contributed by atoms with Gasteiger partial charge in [-0.25, -0.2) is 0 Å². The second-order valence-electron chi connectivity index (χ2n) is 5.73. The number of pyridine rings is 1. The zero-order valence-electron chi connectivity index (χ0n) is 15.5. The average Bonchev–Trinajstić information content (AvgIpc) is 2.66. The van der Waals surface area contributed by atoms with Crippen molar-refractivity contribution in [1.29, 1.82) is 0 Å². The van der Waals surface area contributed by atoms with Crippen LogP contribution in [0.1, 0.15) is 5.69 Å². The molecule has 0 fully saturated rings. The minimum atomic E-state index is 0.557. The number of anilines is 2. The number of nitrogens with zero attached hydrogens (tertiary/aromatic N) is 1. The molecular formula is C20H22N2O4. The highest BCUT2D eigenvalue weighted by atomic mass is 16.5. The van der Waals surface area contributed by atoms with Crippen molar-refractivity contribution in [2.45, 2.75) is 6.92 Å². The Morgan fingerprint density at radius 3 is 2.08 bits per heavy atom. The fraction of sp³-hybridized carbons (Fsp3) is 0.250. The zero-order chi connectivity index (χ0) is 18.7. The lowest BCUT2D eigenvalue weighted by Gasteiger charge is -2.16. The Hall–Kier alpha value is -3.15. The first-order chi connectivity index (χ1) is 12.6. The molecule has 0 atom stereocenters. The number of aromatic nitrogens is 1. The third kappa shape index (κ3) is 3.31. The van der Waals surface area contributed by atoms with Crippen LogP contribution in [0, 0.1) is 6.92 Å². The Bertz CT molecular complexity index is 915. The molecule has 6 nitrogen and oxygen atoms in total. The number of hydrogen-bond donors (Lipinski definition) is 1. The van der Waals surface area contributed by atoms with Crippen LogP contribution in [0.25, 0.3) is 10.9 Å². The molecule has 0 spiro atoms. The van der Waals surface area contributed by atoms with Gasteiger partial charge in [-0.1, -0.05) is 0 Å². The van der Waals surface area contributed by atoms with Crippen molar-refractivity contribution < 1.29 is 18.9 Å². The van der Waals surface area contributed by atoms with E-state index in [1.807, 2.05) is 43.3 Å². The van der Waals surface area contributed by atoms with Crippen LogP contribution < -0.4 is 24.3 Å². The predicted octanol–water partition coefficient (Wildman–Crippen LogP) is 4.32. The smallest absolute Gasteiger partial charge is 0.203 e. The molecule has 136 valence electrons. The molecule has 0 radical (unpaired) electrons. The Labute approximate surface area is 152 Å². The van der Waals surface area contributed by atoms with Gasteiger partial charge in [-0.2, -0.15) is 0 Å². The summed E-state index contributed by atoms with van der Waals surface area (Å²) in [6.07, 6.45) is 0. The summed E-state index contributed by atoms with van der Waals surface area (Å²) < 4.78 is 21.5. The van der Waals surface area contributed by atoms with Crippen LogP contribution in [-0.2, 0) is 0 Å². The van der Waals surface area contributed by atoms with Crippen LogP contribution in [-0.4, -0.2) is 33.4 Å². The summed E-state index contributed by atoms with van der Waals surface area (Å²) in [5, 5.41) is 4.42. The van der Waals surface area contributed by atoms with E-state index in [9.17, 15) is 0 Å². The number of benzene rings is 2. The highest BCUT2D eigenvalue weighted by molar-refractivity contribution is 5.94. The Morgan fingerprint density at radius 2 is 1.50 bits per heavy atom. The summed E-state index contributed by atoms with van der Waals surface area (Å²) in [6, 6.07) is 11.6. The molecule has 2 aromatic carbocycles. The van der Waals surface area contributed by atoms with Gasteiger partial charge in [0.15, 0.2) is 11.5 Å². The molecule has 0 aliphatic rings. The monoisotopic (exact) mass is 354 g/mol. The fourth-order valence-electron chi connectivity index (χ4n) is 2.88. The van der Waals surface area contributed by atoms with Crippen molar-refractivity contribution in [3.05, 3.63) is 42.1 Å². The number of methoxy groups -OCH3 is 4. The molecule has 26 heavy (non-hydrogen) atoms. The van der Waals surface area contributed by atoms with Gasteiger partial charge in [0.1, 0.15) is 5.75 Å². The summed E-state index contributed by atoms with van der Waals surface area (Å²) in [4.78, 5) is 4.59. The lowest BCUT2D eigenvalue weighted by Crippen LogP contribution is -1.99. The van der Waals surface area contributed by atoms with Crippen molar-refractivity contribution in [2.24, 2.45) is 0 Å². The van der Waals surface area contributed by atoms with Crippen molar-refractivity contribution in [3.63, 3.8) is 0 Å². The highest BCUT2D eigenvalue weighted by Crippen LogP contribution is 2.41. The Balaban J connectivity index is 2.09. The molecule has 1 aromatic heterocycles. The lowest BCUT2D eigenvalue weighted by molar-refractivity contribution is 0.324. The standard InChI is InChI=1S/C20H22N2O4/c1-12-8-16(15-7-6-14(23-2)11-17(15)21-12)22-13-9-18(24-3)20(26-5)19(10-13)25-4/h6-11H,1-5H3,(H,21,22). The van der Waals surface area contributed by atoms with Gasteiger partial charge in [0.05, 0.1) is 34.0 Å². The number of hydrogen-bond acceptors (Lipinski definition) is 6. The molecule has 3 rings (SSSR count). The topological polar surface area (TPSA) is 61.8 Å². The predicted molar refractivity (Wildman–Crippen MR) is 102 cm³/mol. The first kappa shape index (κ1) is 17.7. The van der Waals surface area contributed by atoms with E-state index >= 15 is 0 Å². The fourth-order valence-corrected chi connectivity index (χ4v) is 2.88. The molecule has 0 unspecified atom stereocenters. The maximum absolute atomic E-state index is 5.42. The minimum absolute atomic E-state index is 0.557. The molecule has 1 heterocycles. The van der Waals surface area contributed by atoms with Crippen LogP contribution in [0.4, 0.5) is 11.4 Å². The number of ether oxygens (including phenoxy) is 4. The number of rotatable bonds is 6. The van der Waals surface area contributed by atoms with Gasteiger partial charge in [0.25, 0.3) is 0 Å². The first-order valence-electron chi connectivity index (χ1n) is 8.12. The second kappa shape index (κ2) is 7.39. The van der Waals surface area contributed by atoms with Crippen LogP contribution in [0.15, 0.2) is 36.4 Å². The van der Waals surface area contributed by atoms with Crippen LogP contribution in [0.2, 0.25) is 0 Å². The van der Waals surface area contributed by atoms with E-state index in [1.165, 1.54) is 0 Å². The molecule has 0 aliphatic heterocycles. The summed E-state index contributed by atoms with van der Waals surface area (Å²) in [5.41, 5.74) is 3.52. The average molecular weight is 354 g/mol. The molecule has 0 saturated carbocycles.